The first-order valence-electron chi connectivity index (χ1n) is 4.14. The SMILES string of the molecule is CC[N+]1(C)[CH-]C(C)C(C)[CH-]1.[Rb+].[Re]. The molecule has 1 aliphatic rings. The van der Waals surface area contributed by atoms with E-state index in [1.54, 1.807) is 0 Å². The molecule has 0 bridgehead atoms. The molecule has 0 aromatic carbocycles. The van der Waals surface area contributed by atoms with Crippen molar-refractivity contribution in [1.82, 2.24) is 0 Å². The average Bonchev–Trinajstić information content (AvgIpc) is 2.10. The van der Waals surface area contributed by atoms with Crippen LogP contribution in [-0.4, -0.2) is 18.1 Å². The third-order valence-corrected chi connectivity index (χ3v) is 2.66. The van der Waals surface area contributed by atoms with Crippen LogP contribution in [0.4, 0.5) is 0 Å². The van der Waals surface area contributed by atoms with E-state index in [4.69, 9.17) is 0 Å². The van der Waals surface area contributed by atoms with Crippen LogP contribution in [0.2, 0.25) is 0 Å². The molecule has 0 aromatic heterocycles. The third-order valence-electron chi connectivity index (χ3n) is 2.66. The van der Waals surface area contributed by atoms with Crippen molar-refractivity contribution in [3.8, 4) is 0 Å². The maximum atomic E-state index is 2.42. The summed E-state index contributed by atoms with van der Waals surface area (Å²) in [5.41, 5.74) is 0. The number of rotatable bonds is 1. The van der Waals surface area contributed by atoms with E-state index in [9.17, 15) is 0 Å². The van der Waals surface area contributed by atoms with Gasteiger partial charge in [-0.05, 0) is 6.92 Å². The maximum Gasteiger partial charge on any atom is 1.00 e. The van der Waals surface area contributed by atoms with Gasteiger partial charge in [-0.3, -0.25) is 0 Å². The molecule has 1 nitrogen and oxygen atoms in total. The smallest absolute Gasteiger partial charge is 0.592 e. The van der Waals surface area contributed by atoms with Crippen LogP contribution in [0.15, 0.2) is 0 Å². The number of quaternary nitrogens is 1. The second kappa shape index (κ2) is 6.83. The van der Waals surface area contributed by atoms with Gasteiger partial charge in [0.2, 0.25) is 0 Å². The predicted molar refractivity (Wildman–Crippen MR) is 43.7 cm³/mol. The van der Waals surface area contributed by atoms with Crippen molar-refractivity contribution in [2.75, 3.05) is 13.6 Å². The second-order valence-electron chi connectivity index (χ2n) is 3.68. The van der Waals surface area contributed by atoms with Crippen molar-refractivity contribution in [1.29, 1.82) is 0 Å². The van der Waals surface area contributed by atoms with E-state index in [2.05, 4.69) is 40.9 Å². The first kappa shape index (κ1) is 16.8. The number of hydrogen-bond donors (Lipinski definition) is 0. The zero-order chi connectivity index (χ0) is 7.78. The molecule has 1 aliphatic heterocycles. The van der Waals surface area contributed by atoms with E-state index in [0.717, 1.165) is 16.3 Å². The van der Waals surface area contributed by atoms with Crippen LogP contribution in [0.1, 0.15) is 20.8 Å². The van der Waals surface area contributed by atoms with Gasteiger partial charge in [0.15, 0.2) is 0 Å². The Morgan fingerprint density at radius 3 is 1.67 bits per heavy atom. The molecule has 1 fully saturated rings. The maximum absolute atomic E-state index is 2.42. The minimum absolute atomic E-state index is 0. The zero-order valence-electron chi connectivity index (χ0n) is 8.84. The van der Waals surface area contributed by atoms with Gasteiger partial charge >= 0.3 is 58.2 Å². The van der Waals surface area contributed by atoms with Crippen LogP contribution in [0.3, 0.4) is 0 Å². The summed E-state index contributed by atoms with van der Waals surface area (Å²) in [5, 5.41) is 0. The summed E-state index contributed by atoms with van der Waals surface area (Å²) in [4.78, 5) is 0. The van der Waals surface area contributed by atoms with Gasteiger partial charge in [-0.1, -0.05) is 13.8 Å². The molecule has 0 N–H and O–H groups in total. The van der Waals surface area contributed by atoms with Crippen LogP contribution in [0.25, 0.3) is 0 Å². The number of likely N-dealkylation sites (tertiary alicyclic amines) is 1. The van der Waals surface area contributed by atoms with Crippen molar-refractivity contribution in [3.05, 3.63) is 13.1 Å². The third kappa shape index (κ3) is 4.30. The van der Waals surface area contributed by atoms with Gasteiger partial charge in [0.05, 0.1) is 0 Å². The van der Waals surface area contributed by atoms with Crippen molar-refractivity contribution >= 4 is 0 Å². The van der Waals surface area contributed by atoms with Gasteiger partial charge in [-0.2, -0.15) is 13.1 Å². The Balaban J connectivity index is 0. The van der Waals surface area contributed by atoms with Gasteiger partial charge in [-0.15, -0.1) is 11.8 Å². The molecule has 67 valence electrons. The number of hydrogen-bond acceptors (Lipinski definition) is 0. The minimum Gasteiger partial charge on any atom is -0.592 e. The zero-order valence-corrected chi connectivity index (χ0v) is 16.5. The Morgan fingerprint density at radius 2 is 1.50 bits per heavy atom. The molecule has 1 rings (SSSR count). The Kier molecular flexibility index (Phi) is 9.58. The molecule has 2 unspecified atom stereocenters. The van der Waals surface area contributed by atoms with E-state index in [0.29, 0.717) is 0 Å². The van der Waals surface area contributed by atoms with E-state index in [1.165, 1.54) is 6.54 Å². The monoisotopic (exact) mass is 412 g/mol. The summed E-state index contributed by atoms with van der Waals surface area (Å²) in [6.07, 6.45) is 0. The molecule has 1 heterocycles. The second-order valence-corrected chi connectivity index (χ2v) is 3.68. The van der Waals surface area contributed by atoms with Crippen molar-refractivity contribution < 1.29 is 83.1 Å². The van der Waals surface area contributed by atoms with E-state index in [1.807, 2.05) is 0 Å². The molecule has 0 saturated carbocycles. The van der Waals surface area contributed by atoms with E-state index < -0.39 is 0 Å². The predicted octanol–water partition coefficient (Wildman–Crippen LogP) is -0.936. The first-order valence-corrected chi connectivity index (χ1v) is 4.14. The number of nitrogens with zero attached hydrogens (tertiary/aromatic N) is 1. The fraction of sp³-hybridized carbons (Fsp3) is 0.778. The fourth-order valence-corrected chi connectivity index (χ4v) is 1.61. The topological polar surface area (TPSA) is 0 Å². The summed E-state index contributed by atoms with van der Waals surface area (Å²) in [6, 6.07) is 0. The van der Waals surface area contributed by atoms with Gasteiger partial charge in [0.25, 0.3) is 0 Å². The molecular formula is C9H18NRbRe. The van der Waals surface area contributed by atoms with Crippen molar-refractivity contribution in [2.24, 2.45) is 11.8 Å². The summed E-state index contributed by atoms with van der Waals surface area (Å²) in [6.45, 7) is 12.8. The largest absolute Gasteiger partial charge is 1.00 e. The molecule has 1 saturated heterocycles. The molecule has 3 heteroatoms. The van der Waals surface area contributed by atoms with Crippen LogP contribution in [0, 0.1) is 24.9 Å². The molecule has 0 aliphatic carbocycles. The molecule has 0 amide bonds. The van der Waals surface area contributed by atoms with Gasteiger partial charge in [0.1, 0.15) is 0 Å². The van der Waals surface area contributed by atoms with Crippen LogP contribution in [0.5, 0.6) is 0 Å². The van der Waals surface area contributed by atoms with Gasteiger partial charge in [-0.25, -0.2) is 0 Å². The van der Waals surface area contributed by atoms with Crippen LogP contribution >= 0.6 is 0 Å². The summed E-state index contributed by atoms with van der Waals surface area (Å²) in [5.74, 6) is 1.51. The molecule has 0 spiro atoms. The fourth-order valence-electron chi connectivity index (χ4n) is 1.61. The molecule has 2 atom stereocenters. The molecule has 12 heavy (non-hydrogen) atoms. The average molecular weight is 412 g/mol. The Labute approximate surface area is 140 Å². The summed E-state index contributed by atoms with van der Waals surface area (Å²) in [7, 11) is 2.26. The molecular weight excluding hydrogens is 394 g/mol. The Bertz CT molecular complexity index is 120. The van der Waals surface area contributed by atoms with Gasteiger partial charge < -0.3 is 4.48 Å². The molecule has 0 aromatic rings. The van der Waals surface area contributed by atoms with E-state index in [-0.39, 0.29) is 78.6 Å². The van der Waals surface area contributed by atoms with Crippen LogP contribution < -0.4 is 58.2 Å². The quantitative estimate of drug-likeness (QED) is 0.386. The first-order chi connectivity index (χ1) is 4.57. The van der Waals surface area contributed by atoms with E-state index >= 15 is 0 Å². The molecule has 1 radical (unpaired) electrons. The van der Waals surface area contributed by atoms with Crippen molar-refractivity contribution in [3.63, 3.8) is 0 Å². The Hall–Kier alpha value is 2.43. The standard InChI is InChI=1S/C9H18N.Rb.Re/c1-5-10(4)6-8(2)9(3)7-10;;/h6-9H,5H2,1-4H3;;/q-1;+1;. The Morgan fingerprint density at radius 1 is 1.17 bits per heavy atom. The van der Waals surface area contributed by atoms with Gasteiger partial charge in [0, 0.05) is 34.0 Å². The normalized spacial score (nSPS) is 40.0. The van der Waals surface area contributed by atoms with Crippen molar-refractivity contribution in [2.45, 2.75) is 20.8 Å². The minimum atomic E-state index is 0. The summed E-state index contributed by atoms with van der Waals surface area (Å²) >= 11 is 0. The van der Waals surface area contributed by atoms with Crippen LogP contribution in [-0.2, 0) is 20.4 Å². The summed E-state index contributed by atoms with van der Waals surface area (Å²) < 4.78 is 1.04.